The first kappa shape index (κ1) is 9.85. The fourth-order valence-corrected chi connectivity index (χ4v) is 1.07. The van der Waals surface area contributed by atoms with E-state index in [2.05, 4.69) is 18.7 Å². The third kappa shape index (κ3) is 4.70. The molecule has 0 rings (SSSR count). The highest BCUT2D eigenvalue weighted by Crippen LogP contribution is 1.89. The molecular weight excluding hydrogens is 144 g/mol. The number of hydrogen-bond acceptors (Lipinski definition) is 2. The van der Waals surface area contributed by atoms with Gasteiger partial charge in [0.2, 0.25) is 0 Å². The molecule has 60 valence electrons. The van der Waals surface area contributed by atoms with Gasteiger partial charge in [-0.3, -0.25) is 4.90 Å². The lowest BCUT2D eigenvalue weighted by Crippen LogP contribution is -2.33. The summed E-state index contributed by atoms with van der Waals surface area (Å²) in [7, 11) is 0. The van der Waals surface area contributed by atoms with Crippen LogP contribution in [0.4, 0.5) is 0 Å². The zero-order valence-electron chi connectivity index (χ0n) is 6.76. The van der Waals surface area contributed by atoms with Crippen LogP contribution in [0.15, 0.2) is 0 Å². The van der Waals surface area contributed by atoms with Crippen LogP contribution in [-0.2, 0) is 0 Å². The standard InChI is InChI=1S/C7H16N2S/c1-3-5-9(4-2)6-7(8)10/h3-6H2,1-2H3,(H2,8,10). The molecule has 0 aliphatic rings. The van der Waals surface area contributed by atoms with Crippen molar-refractivity contribution in [1.82, 2.24) is 4.90 Å². The third-order valence-corrected chi connectivity index (χ3v) is 1.50. The Morgan fingerprint density at radius 3 is 2.40 bits per heavy atom. The van der Waals surface area contributed by atoms with E-state index in [1.807, 2.05) is 0 Å². The van der Waals surface area contributed by atoms with E-state index in [1.165, 1.54) is 0 Å². The Labute approximate surface area is 68.4 Å². The van der Waals surface area contributed by atoms with Gasteiger partial charge in [0.25, 0.3) is 0 Å². The monoisotopic (exact) mass is 160 g/mol. The van der Waals surface area contributed by atoms with Gasteiger partial charge in [0, 0.05) is 6.54 Å². The minimum Gasteiger partial charge on any atom is -0.392 e. The normalized spacial score (nSPS) is 10.3. The summed E-state index contributed by atoms with van der Waals surface area (Å²) in [5, 5.41) is 0. The second-order valence-electron chi connectivity index (χ2n) is 2.34. The number of rotatable bonds is 5. The first-order valence-corrected chi connectivity index (χ1v) is 4.12. The van der Waals surface area contributed by atoms with E-state index in [0.717, 1.165) is 26.1 Å². The minimum absolute atomic E-state index is 0.593. The van der Waals surface area contributed by atoms with Crippen LogP contribution in [0.25, 0.3) is 0 Å². The maximum absolute atomic E-state index is 5.39. The highest BCUT2D eigenvalue weighted by molar-refractivity contribution is 7.80. The van der Waals surface area contributed by atoms with E-state index < -0.39 is 0 Å². The van der Waals surface area contributed by atoms with E-state index in [9.17, 15) is 0 Å². The zero-order valence-corrected chi connectivity index (χ0v) is 7.58. The van der Waals surface area contributed by atoms with Crippen LogP contribution in [0.2, 0.25) is 0 Å². The molecule has 0 aliphatic carbocycles. The van der Waals surface area contributed by atoms with Crippen LogP contribution >= 0.6 is 12.2 Å². The van der Waals surface area contributed by atoms with E-state index >= 15 is 0 Å². The van der Waals surface area contributed by atoms with Gasteiger partial charge in [0.1, 0.15) is 0 Å². The molecule has 0 spiro atoms. The van der Waals surface area contributed by atoms with Gasteiger partial charge in [-0.25, -0.2) is 0 Å². The fourth-order valence-electron chi connectivity index (χ4n) is 0.886. The Morgan fingerprint density at radius 1 is 1.50 bits per heavy atom. The van der Waals surface area contributed by atoms with Crippen molar-refractivity contribution in [1.29, 1.82) is 0 Å². The van der Waals surface area contributed by atoms with Crippen LogP contribution in [0.1, 0.15) is 20.3 Å². The third-order valence-electron chi connectivity index (χ3n) is 1.37. The van der Waals surface area contributed by atoms with Crippen molar-refractivity contribution in [3.63, 3.8) is 0 Å². The number of likely N-dealkylation sites (N-methyl/N-ethyl adjacent to an activating group) is 1. The Bertz CT molecular complexity index is 104. The van der Waals surface area contributed by atoms with Crippen LogP contribution in [0.3, 0.4) is 0 Å². The molecule has 0 aromatic rings. The fraction of sp³-hybridized carbons (Fsp3) is 0.857. The van der Waals surface area contributed by atoms with Crippen molar-refractivity contribution in [2.75, 3.05) is 19.6 Å². The lowest BCUT2D eigenvalue weighted by molar-refractivity contribution is 0.329. The summed E-state index contributed by atoms with van der Waals surface area (Å²) >= 11 is 4.79. The van der Waals surface area contributed by atoms with Gasteiger partial charge in [-0.2, -0.15) is 0 Å². The second kappa shape index (κ2) is 5.62. The van der Waals surface area contributed by atoms with E-state index in [0.29, 0.717) is 4.99 Å². The molecule has 2 nitrogen and oxygen atoms in total. The topological polar surface area (TPSA) is 29.3 Å². The quantitative estimate of drug-likeness (QED) is 0.608. The predicted octanol–water partition coefficient (Wildman–Crippen LogP) is 1.00. The Kier molecular flexibility index (Phi) is 5.54. The van der Waals surface area contributed by atoms with Crippen LogP contribution in [0.5, 0.6) is 0 Å². The summed E-state index contributed by atoms with van der Waals surface area (Å²) in [5.74, 6) is 0. The molecular formula is C7H16N2S. The first-order valence-electron chi connectivity index (χ1n) is 3.71. The van der Waals surface area contributed by atoms with E-state index in [1.54, 1.807) is 0 Å². The van der Waals surface area contributed by atoms with Crippen molar-refractivity contribution in [2.45, 2.75) is 20.3 Å². The summed E-state index contributed by atoms with van der Waals surface area (Å²) in [6, 6.07) is 0. The van der Waals surface area contributed by atoms with Crippen molar-refractivity contribution in [3.8, 4) is 0 Å². The second-order valence-corrected chi connectivity index (χ2v) is 2.86. The Morgan fingerprint density at radius 2 is 2.10 bits per heavy atom. The van der Waals surface area contributed by atoms with Crippen LogP contribution in [-0.4, -0.2) is 29.5 Å². The van der Waals surface area contributed by atoms with Gasteiger partial charge in [-0.1, -0.05) is 26.1 Å². The van der Waals surface area contributed by atoms with Crippen LogP contribution < -0.4 is 5.73 Å². The smallest absolute Gasteiger partial charge is 0.0870 e. The molecule has 0 aliphatic heterocycles. The summed E-state index contributed by atoms with van der Waals surface area (Å²) in [5.41, 5.74) is 5.39. The largest absolute Gasteiger partial charge is 0.392 e. The number of nitrogens with two attached hydrogens (primary N) is 1. The maximum atomic E-state index is 5.39. The highest BCUT2D eigenvalue weighted by atomic mass is 32.1. The molecule has 0 radical (unpaired) electrons. The Balaban J connectivity index is 3.49. The van der Waals surface area contributed by atoms with Gasteiger partial charge in [0.15, 0.2) is 0 Å². The maximum Gasteiger partial charge on any atom is 0.0870 e. The average molecular weight is 160 g/mol. The van der Waals surface area contributed by atoms with Crippen molar-refractivity contribution in [3.05, 3.63) is 0 Å². The first-order chi connectivity index (χ1) is 4.70. The SMILES string of the molecule is CCCN(CC)CC(N)=S. The number of hydrogen-bond donors (Lipinski definition) is 1. The Hall–Kier alpha value is -0.150. The van der Waals surface area contributed by atoms with Gasteiger partial charge in [-0.15, -0.1) is 0 Å². The van der Waals surface area contributed by atoms with Gasteiger partial charge in [0.05, 0.1) is 4.99 Å². The molecule has 0 saturated carbocycles. The van der Waals surface area contributed by atoms with Crippen molar-refractivity contribution in [2.24, 2.45) is 5.73 Å². The van der Waals surface area contributed by atoms with Gasteiger partial charge >= 0.3 is 0 Å². The molecule has 0 atom stereocenters. The van der Waals surface area contributed by atoms with Gasteiger partial charge < -0.3 is 5.73 Å². The summed E-state index contributed by atoms with van der Waals surface area (Å²) in [6.45, 7) is 7.16. The summed E-state index contributed by atoms with van der Waals surface area (Å²) in [4.78, 5) is 2.83. The molecule has 2 N–H and O–H groups in total. The van der Waals surface area contributed by atoms with Crippen molar-refractivity contribution >= 4 is 17.2 Å². The molecule has 0 bridgehead atoms. The highest BCUT2D eigenvalue weighted by Gasteiger charge is 2.00. The number of nitrogens with zero attached hydrogens (tertiary/aromatic N) is 1. The van der Waals surface area contributed by atoms with Crippen LogP contribution in [0, 0.1) is 0 Å². The molecule has 0 saturated heterocycles. The molecule has 3 heteroatoms. The molecule has 0 aromatic heterocycles. The molecule has 0 unspecified atom stereocenters. The van der Waals surface area contributed by atoms with E-state index in [4.69, 9.17) is 18.0 Å². The molecule has 10 heavy (non-hydrogen) atoms. The lowest BCUT2D eigenvalue weighted by Gasteiger charge is -2.17. The van der Waals surface area contributed by atoms with Crippen molar-refractivity contribution < 1.29 is 0 Å². The lowest BCUT2D eigenvalue weighted by atomic mass is 10.4. The average Bonchev–Trinajstić information content (AvgIpc) is 1.86. The minimum atomic E-state index is 0.593. The predicted molar refractivity (Wildman–Crippen MR) is 49.2 cm³/mol. The molecule has 0 aromatic carbocycles. The summed E-state index contributed by atoms with van der Waals surface area (Å²) < 4.78 is 0. The molecule has 0 amide bonds. The summed E-state index contributed by atoms with van der Waals surface area (Å²) in [6.07, 6.45) is 1.16. The number of thiocarbonyl (C=S) groups is 1. The zero-order chi connectivity index (χ0) is 7.98. The molecule has 0 heterocycles. The molecule has 0 fully saturated rings. The van der Waals surface area contributed by atoms with Gasteiger partial charge in [-0.05, 0) is 19.5 Å². The van der Waals surface area contributed by atoms with E-state index in [-0.39, 0.29) is 0 Å².